The first kappa shape index (κ1) is 10.0. The number of thiophene rings is 1. The zero-order chi connectivity index (χ0) is 10.7. The Kier molecular flexibility index (Phi) is 2.90. The highest BCUT2D eigenvalue weighted by atomic mass is 32.2. The van der Waals surface area contributed by atoms with Gasteiger partial charge in [-0.1, -0.05) is 17.8 Å². The van der Waals surface area contributed by atoms with E-state index in [2.05, 4.69) is 4.98 Å². The molecule has 5 heteroatoms. The van der Waals surface area contributed by atoms with Crippen molar-refractivity contribution >= 4 is 28.8 Å². The number of rotatable bonds is 2. The molecule has 2 aromatic rings. The Hall–Kier alpha value is -1.51. The lowest BCUT2D eigenvalue weighted by Crippen LogP contribution is -1.94. The van der Waals surface area contributed by atoms with Crippen LogP contribution in [-0.4, -0.2) is 4.98 Å². The second-order valence-corrected chi connectivity index (χ2v) is 5.00. The Bertz CT molecular complexity index is 500. The van der Waals surface area contributed by atoms with Crippen molar-refractivity contribution in [2.24, 2.45) is 0 Å². The van der Waals surface area contributed by atoms with E-state index in [1.54, 1.807) is 17.4 Å². The van der Waals surface area contributed by atoms with Gasteiger partial charge in [-0.05, 0) is 23.6 Å². The summed E-state index contributed by atoms with van der Waals surface area (Å²) in [4.78, 5) is 4.15. The van der Waals surface area contributed by atoms with Gasteiger partial charge in [0, 0.05) is 0 Å². The molecule has 0 aromatic carbocycles. The van der Waals surface area contributed by atoms with Crippen molar-refractivity contribution in [2.75, 3.05) is 5.73 Å². The topological polar surface area (TPSA) is 62.7 Å². The summed E-state index contributed by atoms with van der Waals surface area (Å²) >= 11 is 3.18. The minimum atomic E-state index is 0.288. The van der Waals surface area contributed by atoms with Crippen molar-refractivity contribution in [1.82, 2.24) is 4.98 Å². The van der Waals surface area contributed by atoms with E-state index in [1.807, 2.05) is 29.6 Å². The molecule has 0 aliphatic rings. The second-order valence-electron chi connectivity index (χ2n) is 2.73. The van der Waals surface area contributed by atoms with Crippen molar-refractivity contribution in [3.05, 3.63) is 35.3 Å². The van der Waals surface area contributed by atoms with Crippen LogP contribution in [0.2, 0.25) is 0 Å². The third kappa shape index (κ3) is 2.29. The van der Waals surface area contributed by atoms with Crippen LogP contribution in [0.4, 0.5) is 5.69 Å². The summed E-state index contributed by atoms with van der Waals surface area (Å²) < 4.78 is 1.15. The van der Waals surface area contributed by atoms with Crippen molar-refractivity contribution in [2.45, 2.75) is 9.24 Å². The van der Waals surface area contributed by atoms with E-state index in [4.69, 9.17) is 11.0 Å². The predicted molar refractivity (Wildman–Crippen MR) is 61.8 cm³/mol. The maximum absolute atomic E-state index is 8.77. The van der Waals surface area contributed by atoms with Crippen molar-refractivity contribution in [3.63, 3.8) is 0 Å². The Labute approximate surface area is 95.6 Å². The van der Waals surface area contributed by atoms with Crippen LogP contribution in [-0.2, 0) is 0 Å². The van der Waals surface area contributed by atoms with Crippen LogP contribution >= 0.6 is 23.1 Å². The number of pyridine rings is 1. The molecular formula is C10H7N3S2. The minimum Gasteiger partial charge on any atom is -0.396 e. The van der Waals surface area contributed by atoms with E-state index in [9.17, 15) is 0 Å². The SMILES string of the molecule is N#Cc1nc(Sc2cccs2)ccc1N. The molecule has 0 bridgehead atoms. The standard InChI is InChI=1S/C10H7N3S2/c11-6-8-7(12)3-4-9(13-8)15-10-2-1-5-14-10/h1-5H,12H2. The summed E-state index contributed by atoms with van der Waals surface area (Å²) in [7, 11) is 0. The van der Waals surface area contributed by atoms with E-state index in [1.165, 1.54) is 11.8 Å². The molecule has 3 nitrogen and oxygen atoms in total. The van der Waals surface area contributed by atoms with Gasteiger partial charge in [0.25, 0.3) is 0 Å². The van der Waals surface area contributed by atoms with Crippen LogP contribution in [0.15, 0.2) is 38.9 Å². The van der Waals surface area contributed by atoms with E-state index in [-0.39, 0.29) is 5.69 Å². The molecule has 0 unspecified atom stereocenters. The third-order valence-corrected chi connectivity index (χ3v) is 3.68. The fraction of sp³-hybridized carbons (Fsp3) is 0. The van der Waals surface area contributed by atoms with Gasteiger partial charge in [0.1, 0.15) is 11.1 Å². The van der Waals surface area contributed by atoms with E-state index < -0.39 is 0 Å². The fourth-order valence-corrected chi connectivity index (χ4v) is 2.71. The molecule has 0 saturated heterocycles. The molecule has 2 aromatic heterocycles. The van der Waals surface area contributed by atoms with Crippen LogP contribution in [0.3, 0.4) is 0 Å². The molecule has 0 saturated carbocycles. The number of nitrogens with two attached hydrogens (primary N) is 1. The molecule has 2 rings (SSSR count). The number of nitriles is 1. The molecule has 0 atom stereocenters. The summed E-state index contributed by atoms with van der Waals surface area (Å²) in [6.07, 6.45) is 0. The van der Waals surface area contributed by atoms with Gasteiger partial charge in [-0.2, -0.15) is 5.26 Å². The van der Waals surface area contributed by atoms with Gasteiger partial charge < -0.3 is 5.73 Å². The number of hydrogen-bond donors (Lipinski definition) is 1. The first-order valence-corrected chi connectivity index (χ1v) is 5.87. The third-order valence-electron chi connectivity index (χ3n) is 1.71. The van der Waals surface area contributed by atoms with Gasteiger partial charge in [0.15, 0.2) is 5.69 Å². The number of aromatic nitrogens is 1. The molecule has 2 heterocycles. The molecule has 15 heavy (non-hydrogen) atoms. The summed E-state index contributed by atoms with van der Waals surface area (Å²) in [6, 6.07) is 9.49. The maximum Gasteiger partial charge on any atom is 0.164 e. The van der Waals surface area contributed by atoms with Crippen molar-refractivity contribution in [3.8, 4) is 6.07 Å². The van der Waals surface area contributed by atoms with Crippen LogP contribution in [0.1, 0.15) is 5.69 Å². The second kappa shape index (κ2) is 4.34. The van der Waals surface area contributed by atoms with Crippen molar-refractivity contribution < 1.29 is 0 Å². The fourth-order valence-electron chi connectivity index (χ4n) is 1.02. The van der Waals surface area contributed by atoms with E-state index >= 15 is 0 Å². The molecular weight excluding hydrogens is 226 g/mol. The largest absolute Gasteiger partial charge is 0.396 e. The highest BCUT2D eigenvalue weighted by Crippen LogP contribution is 2.30. The molecule has 2 N–H and O–H groups in total. The molecule has 74 valence electrons. The minimum absolute atomic E-state index is 0.288. The predicted octanol–water partition coefficient (Wildman–Crippen LogP) is 2.75. The molecule has 0 aliphatic carbocycles. The van der Waals surface area contributed by atoms with Crippen molar-refractivity contribution in [1.29, 1.82) is 5.26 Å². The normalized spacial score (nSPS) is 9.80. The Morgan fingerprint density at radius 3 is 2.93 bits per heavy atom. The zero-order valence-corrected chi connectivity index (χ0v) is 9.31. The Morgan fingerprint density at radius 2 is 2.27 bits per heavy atom. The average Bonchev–Trinajstić information content (AvgIpc) is 2.73. The van der Waals surface area contributed by atoms with Gasteiger partial charge in [0.2, 0.25) is 0 Å². The lowest BCUT2D eigenvalue weighted by atomic mass is 10.3. The number of hydrogen-bond acceptors (Lipinski definition) is 5. The van der Waals surface area contributed by atoms with Crippen LogP contribution < -0.4 is 5.73 Å². The Balaban J connectivity index is 2.27. The molecule has 0 amide bonds. The summed E-state index contributed by atoms with van der Waals surface area (Å²) in [6.45, 7) is 0. The number of nitrogen functional groups attached to an aromatic ring is 1. The van der Waals surface area contributed by atoms with Crippen LogP contribution in [0.25, 0.3) is 0 Å². The average molecular weight is 233 g/mol. The quantitative estimate of drug-likeness (QED) is 0.866. The smallest absolute Gasteiger partial charge is 0.164 e. The van der Waals surface area contributed by atoms with E-state index in [0.717, 1.165) is 9.24 Å². The molecule has 0 aliphatic heterocycles. The van der Waals surface area contributed by atoms with Gasteiger partial charge in [-0.25, -0.2) is 4.98 Å². The number of nitrogens with zero attached hydrogens (tertiary/aromatic N) is 2. The maximum atomic E-state index is 8.77. The van der Waals surface area contributed by atoms with Gasteiger partial charge in [-0.15, -0.1) is 11.3 Å². The molecule has 0 fully saturated rings. The molecule has 0 spiro atoms. The van der Waals surface area contributed by atoms with Gasteiger partial charge in [0.05, 0.1) is 9.90 Å². The van der Waals surface area contributed by atoms with Crippen LogP contribution in [0, 0.1) is 11.3 Å². The lowest BCUT2D eigenvalue weighted by Gasteiger charge is -2.00. The van der Waals surface area contributed by atoms with Gasteiger partial charge in [-0.3, -0.25) is 0 Å². The lowest BCUT2D eigenvalue weighted by molar-refractivity contribution is 1.11. The summed E-state index contributed by atoms with van der Waals surface area (Å²) in [5.74, 6) is 0. The van der Waals surface area contributed by atoms with Crippen LogP contribution in [0.5, 0.6) is 0 Å². The first-order valence-electron chi connectivity index (χ1n) is 4.17. The monoisotopic (exact) mass is 233 g/mol. The number of anilines is 1. The summed E-state index contributed by atoms with van der Waals surface area (Å²) in [5, 5.41) is 11.6. The Morgan fingerprint density at radius 1 is 1.40 bits per heavy atom. The summed E-state index contributed by atoms with van der Waals surface area (Å²) in [5.41, 5.74) is 6.29. The van der Waals surface area contributed by atoms with E-state index in [0.29, 0.717) is 5.69 Å². The molecule has 0 radical (unpaired) electrons. The van der Waals surface area contributed by atoms with Gasteiger partial charge >= 0.3 is 0 Å². The highest BCUT2D eigenvalue weighted by molar-refractivity contribution is 8.01. The zero-order valence-electron chi connectivity index (χ0n) is 7.68. The highest BCUT2D eigenvalue weighted by Gasteiger charge is 2.04. The first-order chi connectivity index (χ1) is 7.29.